The maximum atomic E-state index is 12.9. The molecule has 2 rings (SSSR count). The molecule has 8 nitrogen and oxygen atoms in total. The number of amides is 3. The average molecular weight is 444 g/mol. The Labute approximate surface area is 191 Å². The summed E-state index contributed by atoms with van der Waals surface area (Å²) in [5, 5.41) is 10.5. The maximum Gasteiger partial charge on any atom is 0.322 e. The summed E-state index contributed by atoms with van der Waals surface area (Å²) >= 11 is 0. The van der Waals surface area contributed by atoms with Gasteiger partial charge in [0.25, 0.3) is 0 Å². The summed E-state index contributed by atoms with van der Waals surface area (Å²) in [6.45, 7) is 14.7. The van der Waals surface area contributed by atoms with Crippen molar-refractivity contribution in [2.24, 2.45) is 0 Å². The van der Waals surface area contributed by atoms with Crippen molar-refractivity contribution in [3.05, 3.63) is 36.0 Å². The van der Waals surface area contributed by atoms with Gasteiger partial charge in [-0.1, -0.05) is 27.7 Å². The number of anilines is 2. The van der Waals surface area contributed by atoms with E-state index in [-0.39, 0.29) is 29.4 Å². The van der Waals surface area contributed by atoms with E-state index in [0.717, 1.165) is 12.1 Å². The Morgan fingerprint density at radius 1 is 1.06 bits per heavy atom. The van der Waals surface area contributed by atoms with Crippen molar-refractivity contribution in [1.82, 2.24) is 14.7 Å². The Bertz CT molecular complexity index is 921. The van der Waals surface area contributed by atoms with Crippen LogP contribution in [-0.2, 0) is 15.7 Å². The number of carbonyl (C=O) groups is 2. The van der Waals surface area contributed by atoms with Crippen LogP contribution in [0.2, 0.25) is 0 Å². The van der Waals surface area contributed by atoms with E-state index in [4.69, 9.17) is 9.84 Å². The zero-order valence-electron chi connectivity index (χ0n) is 20.6. The summed E-state index contributed by atoms with van der Waals surface area (Å²) < 4.78 is 6.97. The fourth-order valence-electron chi connectivity index (χ4n) is 3.10. The van der Waals surface area contributed by atoms with Gasteiger partial charge >= 0.3 is 6.03 Å². The van der Waals surface area contributed by atoms with Crippen molar-refractivity contribution < 1.29 is 14.3 Å². The molecule has 0 saturated carbocycles. The minimum absolute atomic E-state index is 0.0595. The first kappa shape index (κ1) is 25.2. The third-order valence-electron chi connectivity index (χ3n) is 4.84. The summed E-state index contributed by atoms with van der Waals surface area (Å²) in [5.74, 6) is 1.06. The second-order valence-electron chi connectivity index (χ2n) is 9.88. The van der Waals surface area contributed by atoms with Gasteiger partial charge in [0.2, 0.25) is 5.91 Å². The molecule has 32 heavy (non-hydrogen) atoms. The molecule has 0 bridgehead atoms. The summed E-state index contributed by atoms with van der Waals surface area (Å²) in [4.78, 5) is 27.2. The normalized spacial score (nSPS) is 11.8. The van der Waals surface area contributed by atoms with Crippen LogP contribution in [0.1, 0.15) is 60.6 Å². The molecule has 1 heterocycles. The van der Waals surface area contributed by atoms with Crippen LogP contribution >= 0.6 is 0 Å². The molecule has 0 aliphatic rings. The molecule has 8 heteroatoms. The average Bonchev–Trinajstić information content (AvgIpc) is 3.13. The van der Waals surface area contributed by atoms with Crippen molar-refractivity contribution in [3.63, 3.8) is 0 Å². The fraction of sp³-hybridized carbons (Fsp3) is 0.542. The third-order valence-corrected chi connectivity index (χ3v) is 4.84. The first-order valence-electron chi connectivity index (χ1n) is 11.0. The van der Waals surface area contributed by atoms with Gasteiger partial charge in [0, 0.05) is 23.7 Å². The summed E-state index contributed by atoms with van der Waals surface area (Å²) in [7, 11) is 1.59. The lowest BCUT2D eigenvalue weighted by Gasteiger charge is -2.24. The van der Waals surface area contributed by atoms with Gasteiger partial charge in [0.15, 0.2) is 0 Å². The van der Waals surface area contributed by atoms with Gasteiger partial charge in [0.05, 0.1) is 18.3 Å². The Kier molecular flexibility index (Phi) is 7.93. The van der Waals surface area contributed by atoms with Crippen LogP contribution in [0, 0.1) is 0 Å². The van der Waals surface area contributed by atoms with Crippen LogP contribution in [0.5, 0.6) is 5.75 Å². The smallest absolute Gasteiger partial charge is 0.322 e. The molecular weight excluding hydrogens is 406 g/mol. The second-order valence-corrected chi connectivity index (χ2v) is 9.88. The summed E-state index contributed by atoms with van der Waals surface area (Å²) in [6, 6.07) is 8.64. The molecular formula is C24H37N5O3. The zero-order chi connectivity index (χ0) is 24.1. The lowest BCUT2D eigenvalue weighted by molar-refractivity contribution is -0.116. The van der Waals surface area contributed by atoms with Gasteiger partial charge < -0.3 is 20.3 Å². The fourth-order valence-corrected chi connectivity index (χ4v) is 3.10. The largest absolute Gasteiger partial charge is 0.497 e. The van der Waals surface area contributed by atoms with E-state index in [9.17, 15) is 9.59 Å². The SMILES string of the molecule is CCCN(CC(=O)Nc1cc(C(C)(C)C)nn1C(C)(C)C)C(=O)Nc1ccc(OC)cc1. The number of nitrogens with one attached hydrogen (secondary N) is 2. The van der Waals surface area contributed by atoms with Gasteiger partial charge in [-0.25, -0.2) is 9.48 Å². The Morgan fingerprint density at radius 2 is 1.69 bits per heavy atom. The van der Waals surface area contributed by atoms with Crippen LogP contribution in [-0.4, -0.2) is 46.8 Å². The van der Waals surface area contributed by atoms with Crippen molar-refractivity contribution in [2.75, 3.05) is 30.8 Å². The van der Waals surface area contributed by atoms with Gasteiger partial charge in [0.1, 0.15) is 18.1 Å². The molecule has 0 spiro atoms. The van der Waals surface area contributed by atoms with E-state index in [0.29, 0.717) is 23.8 Å². The summed E-state index contributed by atoms with van der Waals surface area (Å²) in [5.41, 5.74) is 1.08. The highest BCUT2D eigenvalue weighted by atomic mass is 16.5. The van der Waals surface area contributed by atoms with Crippen LogP contribution in [0.15, 0.2) is 30.3 Å². The molecule has 1 aromatic carbocycles. The minimum atomic E-state index is -0.327. The number of nitrogens with zero attached hydrogens (tertiary/aromatic N) is 3. The first-order valence-corrected chi connectivity index (χ1v) is 11.0. The van der Waals surface area contributed by atoms with Crippen molar-refractivity contribution in [3.8, 4) is 5.75 Å². The monoisotopic (exact) mass is 443 g/mol. The van der Waals surface area contributed by atoms with Crippen LogP contribution in [0.4, 0.5) is 16.3 Å². The number of aromatic nitrogens is 2. The number of urea groups is 1. The van der Waals surface area contributed by atoms with E-state index in [2.05, 4.69) is 31.4 Å². The Hall–Kier alpha value is -3.03. The second kappa shape index (κ2) is 10.1. The molecule has 0 unspecified atom stereocenters. The lowest BCUT2D eigenvalue weighted by atomic mass is 9.92. The van der Waals surface area contributed by atoms with E-state index in [1.165, 1.54) is 4.90 Å². The predicted molar refractivity (Wildman–Crippen MR) is 128 cm³/mol. The zero-order valence-corrected chi connectivity index (χ0v) is 20.6. The number of hydrogen-bond donors (Lipinski definition) is 2. The molecule has 0 aliphatic carbocycles. The van der Waals surface area contributed by atoms with Gasteiger partial charge in [-0.2, -0.15) is 5.10 Å². The maximum absolute atomic E-state index is 12.9. The standard InChI is InChI=1S/C24H37N5O3/c1-9-14-28(22(31)25-17-10-12-18(32-8)13-11-17)16-21(30)26-20-15-19(23(2,3)4)27-29(20)24(5,6)7/h10-13,15H,9,14,16H2,1-8H3,(H,25,31)(H,26,30). The first-order chi connectivity index (χ1) is 14.8. The number of rotatable bonds is 7. The molecule has 0 radical (unpaired) electrons. The van der Waals surface area contributed by atoms with Crippen molar-refractivity contribution in [1.29, 1.82) is 0 Å². The molecule has 0 aliphatic heterocycles. The summed E-state index contributed by atoms with van der Waals surface area (Å²) in [6.07, 6.45) is 0.734. The van der Waals surface area contributed by atoms with E-state index >= 15 is 0 Å². The lowest BCUT2D eigenvalue weighted by Crippen LogP contribution is -2.41. The molecule has 176 valence electrons. The number of methoxy groups -OCH3 is 1. The van der Waals surface area contributed by atoms with Crippen molar-refractivity contribution in [2.45, 2.75) is 65.8 Å². The predicted octanol–water partition coefficient (Wildman–Crippen LogP) is 4.83. The van der Waals surface area contributed by atoms with Gasteiger partial charge in [-0.3, -0.25) is 4.79 Å². The van der Waals surface area contributed by atoms with Crippen LogP contribution in [0.3, 0.4) is 0 Å². The molecule has 1 aromatic heterocycles. The van der Waals surface area contributed by atoms with Crippen molar-refractivity contribution >= 4 is 23.4 Å². The van der Waals surface area contributed by atoms with Crippen LogP contribution in [0.25, 0.3) is 0 Å². The van der Waals surface area contributed by atoms with E-state index in [1.807, 2.05) is 38.4 Å². The molecule has 2 N–H and O–H groups in total. The molecule has 2 aromatic rings. The molecule has 0 saturated heterocycles. The Balaban J connectivity index is 2.14. The minimum Gasteiger partial charge on any atom is -0.497 e. The number of benzene rings is 1. The number of hydrogen-bond acceptors (Lipinski definition) is 4. The van der Waals surface area contributed by atoms with E-state index in [1.54, 1.807) is 31.4 Å². The number of carbonyl (C=O) groups excluding carboxylic acids is 2. The van der Waals surface area contributed by atoms with Gasteiger partial charge in [-0.15, -0.1) is 0 Å². The highest BCUT2D eigenvalue weighted by Gasteiger charge is 2.26. The number of ether oxygens (including phenoxy) is 1. The van der Waals surface area contributed by atoms with E-state index < -0.39 is 0 Å². The molecule has 0 atom stereocenters. The quantitative estimate of drug-likeness (QED) is 0.642. The molecule has 3 amide bonds. The van der Waals surface area contributed by atoms with Crippen LogP contribution < -0.4 is 15.4 Å². The Morgan fingerprint density at radius 3 is 2.19 bits per heavy atom. The highest BCUT2D eigenvalue weighted by molar-refractivity contribution is 5.96. The third kappa shape index (κ3) is 6.73. The topological polar surface area (TPSA) is 88.5 Å². The highest BCUT2D eigenvalue weighted by Crippen LogP contribution is 2.28. The van der Waals surface area contributed by atoms with Gasteiger partial charge in [-0.05, 0) is 51.5 Å². The molecule has 0 fully saturated rings.